The number of hydrogen-bond acceptors (Lipinski definition) is 0. The zero-order chi connectivity index (χ0) is 14.5. The zero-order valence-corrected chi connectivity index (χ0v) is 15.5. The van der Waals surface area contributed by atoms with Crippen LogP contribution in [0.15, 0.2) is 91.0 Å². The second kappa shape index (κ2) is 6.86. The van der Waals surface area contributed by atoms with Crippen LogP contribution in [0.4, 0.5) is 0 Å². The normalized spacial score (nSPS) is 12.2. The molecule has 3 aromatic carbocycles. The second-order valence-corrected chi connectivity index (χ2v) is 17.7. The van der Waals surface area contributed by atoms with Crippen molar-refractivity contribution in [1.82, 2.24) is 0 Å². The van der Waals surface area contributed by atoms with Gasteiger partial charge in [-0.3, -0.25) is 0 Å². The van der Waals surface area contributed by atoms with Crippen molar-refractivity contribution in [1.29, 1.82) is 0 Å². The molecule has 0 radical (unpaired) electrons. The van der Waals surface area contributed by atoms with Crippen molar-refractivity contribution < 1.29 is 16.2 Å². The van der Waals surface area contributed by atoms with Gasteiger partial charge in [-0.25, -0.2) is 0 Å². The van der Waals surface area contributed by atoms with Crippen molar-refractivity contribution in [3.05, 3.63) is 91.0 Å². The number of halogens is 1. The molecule has 0 spiro atoms. The van der Waals surface area contributed by atoms with Crippen molar-refractivity contribution in [2.45, 2.75) is 0 Å². The zero-order valence-electron chi connectivity index (χ0n) is 11.4. The molecule has 0 aliphatic heterocycles. The predicted octanol–water partition coefficient (Wildman–Crippen LogP) is 3.86. The Morgan fingerprint density at radius 3 is 1.05 bits per heavy atom. The quantitative estimate of drug-likeness (QED) is 0.487. The van der Waals surface area contributed by atoms with Crippen LogP contribution in [-0.4, -0.2) is 0 Å². The van der Waals surface area contributed by atoms with Gasteiger partial charge in [0, 0.05) is 0 Å². The van der Waals surface area contributed by atoms with Gasteiger partial charge in [0.2, 0.25) is 0 Å². The molecule has 0 atom stereocenters. The van der Waals surface area contributed by atoms with Crippen LogP contribution in [-0.2, 0) is 16.2 Å². The summed E-state index contributed by atoms with van der Waals surface area (Å²) in [5.41, 5.74) is -2.01. The van der Waals surface area contributed by atoms with E-state index in [0.717, 1.165) is 0 Å². The first kappa shape index (κ1) is 14.9. The van der Waals surface area contributed by atoms with Gasteiger partial charge in [0.05, 0.1) is 0 Å². The fourth-order valence-electron chi connectivity index (χ4n) is 2.59. The Kier molecular flexibility index (Phi) is 4.88. The fraction of sp³-hybridized carbons (Fsp3) is 0. The molecule has 0 saturated heterocycles. The van der Waals surface area contributed by atoms with Gasteiger partial charge < -0.3 is 0 Å². The molecule has 0 fully saturated rings. The predicted molar refractivity (Wildman–Crippen MR) is 92.4 cm³/mol. The van der Waals surface area contributed by atoms with Crippen LogP contribution in [0.25, 0.3) is 0 Å². The first-order valence-electron chi connectivity index (χ1n) is 6.77. The molecule has 0 nitrogen and oxygen atoms in total. The summed E-state index contributed by atoms with van der Waals surface area (Å²) in [6.45, 7) is 0. The second-order valence-electron chi connectivity index (χ2n) is 4.79. The van der Waals surface area contributed by atoms with Gasteiger partial charge in [0.15, 0.2) is 0 Å². The molecule has 0 bridgehead atoms. The van der Waals surface area contributed by atoms with Crippen LogP contribution in [0.1, 0.15) is 0 Å². The molecule has 0 aromatic heterocycles. The molecule has 0 aliphatic rings. The van der Waals surface area contributed by atoms with E-state index < -0.39 is 21.7 Å². The molecular formula is C18H16ClIrP. The van der Waals surface area contributed by atoms with Gasteiger partial charge in [-0.2, -0.15) is 0 Å². The third-order valence-electron chi connectivity index (χ3n) is 3.57. The van der Waals surface area contributed by atoms with Crippen molar-refractivity contribution in [2.75, 3.05) is 0 Å². The summed E-state index contributed by atoms with van der Waals surface area (Å²) in [6.07, 6.45) is 0. The fourth-order valence-corrected chi connectivity index (χ4v) is 17.0. The van der Waals surface area contributed by atoms with Crippen molar-refractivity contribution in [3.63, 3.8) is 0 Å². The van der Waals surface area contributed by atoms with Crippen LogP contribution in [0.3, 0.4) is 0 Å². The third kappa shape index (κ3) is 2.85. The number of benzene rings is 3. The Bertz CT molecular complexity index is 590. The van der Waals surface area contributed by atoms with E-state index in [9.17, 15) is 0 Å². The number of rotatable bonds is 4. The molecule has 0 aliphatic carbocycles. The first-order chi connectivity index (χ1) is 10.4. The van der Waals surface area contributed by atoms with Gasteiger partial charge in [-0.1, -0.05) is 0 Å². The Labute approximate surface area is 138 Å². The van der Waals surface area contributed by atoms with Crippen molar-refractivity contribution in [3.8, 4) is 0 Å². The van der Waals surface area contributed by atoms with Gasteiger partial charge in [-0.05, 0) is 0 Å². The average Bonchev–Trinajstić information content (AvgIpc) is 2.59. The molecular weight excluding hydrogens is 475 g/mol. The van der Waals surface area contributed by atoms with Crippen molar-refractivity contribution in [2.24, 2.45) is 0 Å². The minimum atomic E-state index is -2.01. The van der Waals surface area contributed by atoms with Crippen LogP contribution < -0.4 is 15.9 Å². The standard InChI is InChI=1S/C18H15P.ClH.Ir/c1-4-10-16(11-5-1)19(17-12-6-2-7-13-17)18-14-8-3-9-15-18;;/h1-15H;1H;. The Hall–Kier alpha value is -0.971. The SMILES string of the molecule is [Cl][Ir][PH](c1ccccc1)(c1ccccc1)c1ccccc1. The average molecular weight is 491 g/mol. The minimum absolute atomic E-state index is 0.622. The summed E-state index contributed by atoms with van der Waals surface area (Å²) in [6, 6.07) is 32.5. The third-order valence-corrected chi connectivity index (χ3v) is 20.0. The maximum atomic E-state index is 6.71. The van der Waals surface area contributed by atoms with E-state index in [4.69, 9.17) is 9.58 Å². The summed E-state index contributed by atoms with van der Waals surface area (Å²) in [5, 5.41) is 4.24. The number of hydrogen-bond donors (Lipinski definition) is 0. The van der Waals surface area contributed by atoms with E-state index in [1.807, 2.05) is 0 Å². The molecule has 109 valence electrons. The molecule has 21 heavy (non-hydrogen) atoms. The van der Waals surface area contributed by atoms with E-state index in [0.29, 0.717) is 0 Å². The molecule has 0 N–H and O–H groups in total. The van der Waals surface area contributed by atoms with Gasteiger partial charge in [-0.15, -0.1) is 0 Å². The molecule has 0 amide bonds. The van der Waals surface area contributed by atoms with Gasteiger partial charge in [0.1, 0.15) is 0 Å². The van der Waals surface area contributed by atoms with Crippen LogP contribution in [0, 0.1) is 0 Å². The molecule has 0 heterocycles. The summed E-state index contributed by atoms with van der Waals surface area (Å²) >= 11 is -0.622. The molecule has 0 unspecified atom stereocenters. The van der Waals surface area contributed by atoms with E-state index >= 15 is 0 Å². The molecule has 3 rings (SSSR count). The maximum absolute atomic E-state index is 6.71. The molecule has 0 saturated carbocycles. The molecule has 3 heteroatoms. The Morgan fingerprint density at radius 1 is 0.524 bits per heavy atom. The van der Waals surface area contributed by atoms with Crippen LogP contribution in [0.2, 0.25) is 0 Å². The Balaban J connectivity index is 2.29. The summed E-state index contributed by atoms with van der Waals surface area (Å²) in [7, 11) is 6.71. The van der Waals surface area contributed by atoms with Gasteiger partial charge >= 0.3 is 138 Å². The van der Waals surface area contributed by atoms with Crippen LogP contribution in [0.5, 0.6) is 0 Å². The summed E-state index contributed by atoms with van der Waals surface area (Å²) in [5.74, 6) is 0. The van der Waals surface area contributed by atoms with E-state index in [1.165, 1.54) is 15.9 Å². The van der Waals surface area contributed by atoms with Gasteiger partial charge in [0.25, 0.3) is 0 Å². The molecule has 3 aromatic rings. The van der Waals surface area contributed by atoms with E-state index in [2.05, 4.69) is 91.0 Å². The Morgan fingerprint density at radius 2 is 0.810 bits per heavy atom. The van der Waals surface area contributed by atoms with E-state index in [1.54, 1.807) is 0 Å². The van der Waals surface area contributed by atoms with E-state index in [-0.39, 0.29) is 0 Å². The summed E-state index contributed by atoms with van der Waals surface area (Å²) < 4.78 is 0. The van der Waals surface area contributed by atoms with Crippen LogP contribution >= 0.6 is 15.1 Å². The topological polar surface area (TPSA) is 0 Å². The monoisotopic (exact) mass is 491 g/mol. The van der Waals surface area contributed by atoms with Crippen molar-refractivity contribution >= 4 is 31.0 Å². The first-order valence-corrected chi connectivity index (χ1v) is 15.2. The summed E-state index contributed by atoms with van der Waals surface area (Å²) in [4.78, 5) is 0.